The second-order valence-electron chi connectivity index (χ2n) is 8.49. The normalized spacial score (nSPS) is 15.1. The van der Waals surface area contributed by atoms with Crippen LogP contribution in [0.1, 0.15) is 26.3 Å². The third kappa shape index (κ3) is 3.56. The Morgan fingerprint density at radius 1 is 1.19 bits per heavy atom. The second kappa shape index (κ2) is 7.27. The van der Waals surface area contributed by atoms with Crippen LogP contribution >= 0.6 is 0 Å². The standard InChI is InChI=1S/C22H20FN3O5S/c1-22(2,3)17(27)11-26-15-9-8-12(23)10-13(15)19(28)18(21(26)29)20-24-14-6-4-5-7-16(14)32(30,31)25-20/h4-10,28H,11H2,1-3H3,(H,24,25). The number of fused-ring (bicyclic) bond motifs is 2. The molecule has 0 aliphatic carbocycles. The van der Waals surface area contributed by atoms with E-state index in [1.807, 2.05) is 0 Å². The van der Waals surface area contributed by atoms with Crippen molar-refractivity contribution in [3.8, 4) is 5.75 Å². The van der Waals surface area contributed by atoms with E-state index in [1.165, 1.54) is 24.3 Å². The Labute approximate surface area is 183 Å². The van der Waals surface area contributed by atoms with Crippen molar-refractivity contribution in [3.05, 3.63) is 64.2 Å². The number of carbonyl (C=O) groups excluding carboxylic acids is 1. The van der Waals surface area contributed by atoms with Crippen molar-refractivity contribution in [1.82, 2.24) is 4.57 Å². The van der Waals surface area contributed by atoms with Crippen LogP contribution in [0.5, 0.6) is 5.75 Å². The first-order valence-electron chi connectivity index (χ1n) is 9.70. The molecule has 166 valence electrons. The van der Waals surface area contributed by atoms with E-state index in [1.54, 1.807) is 26.8 Å². The van der Waals surface area contributed by atoms with Crippen LogP contribution in [0.15, 0.2) is 56.6 Å². The number of amidine groups is 1. The predicted molar refractivity (Wildman–Crippen MR) is 118 cm³/mol. The summed E-state index contributed by atoms with van der Waals surface area (Å²) in [6, 6.07) is 9.37. The summed E-state index contributed by atoms with van der Waals surface area (Å²) in [7, 11) is -4.17. The van der Waals surface area contributed by atoms with E-state index in [0.717, 1.165) is 16.7 Å². The number of aromatic hydroxyl groups is 1. The molecule has 0 fully saturated rings. The fourth-order valence-electron chi connectivity index (χ4n) is 3.39. The maximum atomic E-state index is 14.0. The Bertz CT molecular complexity index is 1480. The van der Waals surface area contributed by atoms with Crippen molar-refractivity contribution in [1.29, 1.82) is 0 Å². The molecule has 0 saturated carbocycles. The molecule has 2 aromatic carbocycles. The molecule has 1 aromatic heterocycles. The van der Waals surface area contributed by atoms with Crippen molar-refractivity contribution in [2.75, 3.05) is 5.32 Å². The van der Waals surface area contributed by atoms with Crippen LogP contribution in [-0.2, 0) is 21.4 Å². The van der Waals surface area contributed by atoms with Crippen molar-refractivity contribution < 1.29 is 22.7 Å². The molecular weight excluding hydrogens is 437 g/mol. The monoisotopic (exact) mass is 457 g/mol. The van der Waals surface area contributed by atoms with Crippen molar-refractivity contribution >= 4 is 38.2 Å². The molecule has 10 heteroatoms. The number of ketones is 1. The number of Topliss-reactive ketones (excluding diaryl/α,β-unsaturated/α-hetero) is 1. The Morgan fingerprint density at radius 2 is 1.88 bits per heavy atom. The average molecular weight is 457 g/mol. The van der Waals surface area contributed by atoms with E-state index >= 15 is 0 Å². The highest BCUT2D eigenvalue weighted by Gasteiger charge is 2.31. The first kappa shape index (κ1) is 21.7. The Balaban J connectivity index is 2.02. The minimum absolute atomic E-state index is 0.0536. The van der Waals surface area contributed by atoms with Crippen LogP contribution in [-0.4, -0.2) is 29.7 Å². The van der Waals surface area contributed by atoms with E-state index < -0.39 is 44.0 Å². The summed E-state index contributed by atoms with van der Waals surface area (Å²) in [5, 5.41) is 13.6. The first-order chi connectivity index (χ1) is 14.9. The largest absolute Gasteiger partial charge is 0.506 e. The zero-order valence-electron chi connectivity index (χ0n) is 17.5. The topological polar surface area (TPSA) is 118 Å². The number of hydrogen-bond acceptors (Lipinski definition) is 6. The summed E-state index contributed by atoms with van der Waals surface area (Å²) >= 11 is 0. The number of hydrogen-bond donors (Lipinski definition) is 2. The van der Waals surface area contributed by atoms with Crippen LogP contribution in [0, 0.1) is 11.2 Å². The Hall–Kier alpha value is -3.53. The van der Waals surface area contributed by atoms with Gasteiger partial charge in [0.15, 0.2) is 11.6 Å². The molecule has 1 aliphatic heterocycles. The molecule has 0 saturated heterocycles. The van der Waals surface area contributed by atoms with Crippen LogP contribution in [0.2, 0.25) is 0 Å². The lowest BCUT2D eigenvalue weighted by atomic mass is 9.90. The molecule has 0 atom stereocenters. The second-order valence-corrected chi connectivity index (χ2v) is 10.1. The van der Waals surface area contributed by atoms with E-state index in [9.17, 15) is 27.5 Å². The summed E-state index contributed by atoms with van der Waals surface area (Å²) in [5.41, 5.74) is -1.77. The summed E-state index contributed by atoms with van der Waals surface area (Å²) in [5.74, 6) is -2.00. The lowest BCUT2D eigenvalue weighted by Gasteiger charge is -2.22. The molecule has 2 heterocycles. The Kier molecular flexibility index (Phi) is 4.93. The Morgan fingerprint density at radius 3 is 2.56 bits per heavy atom. The maximum Gasteiger partial charge on any atom is 0.286 e. The summed E-state index contributed by atoms with van der Waals surface area (Å²) in [6.07, 6.45) is 0. The molecule has 32 heavy (non-hydrogen) atoms. The number of para-hydroxylation sites is 1. The highest BCUT2D eigenvalue weighted by molar-refractivity contribution is 7.90. The molecule has 4 rings (SSSR count). The fraction of sp³-hybridized carbons (Fsp3) is 0.227. The number of nitrogens with one attached hydrogen (secondary N) is 1. The van der Waals surface area contributed by atoms with E-state index in [-0.39, 0.29) is 33.8 Å². The van der Waals surface area contributed by atoms with E-state index in [4.69, 9.17) is 0 Å². The van der Waals surface area contributed by atoms with Gasteiger partial charge in [-0.3, -0.25) is 14.2 Å². The molecular formula is C22H20FN3O5S. The van der Waals surface area contributed by atoms with Crippen molar-refractivity contribution in [3.63, 3.8) is 0 Å². The SMILES string of the molecule is CC(C)(C)C(=O)Cn1c(=O)c(C2=NS(=O)(=O)c3ccccc3N2)c(O)c2cc(F)ccc21. The minimum atomic E-state index is -4.17. The number of nitrogens with zero attached hydrogens (tertiary/aromatic N) is 2. The molecule has 0 spiro atoms. The average Bonchev–Trinajstić information content (AvgIpc) is 2.70. The molecule has 0 unspecified atom stereocenters. The molecule has 3 aromatic rings. The molecule has 8 nitrogen and oxygen atoms in total. The number of aromatic nitrogens is 1. The van der Waals surface area contributed by atoms with E-state index in [2.05, 4.69) is 9.71 Å². The molecule has 0 bridgehead atoms. The lowest BCUT2D eigenvalue weighted by molar-refractivity contribution is -0.126. The summed E-state index contributed by atoms with van der Waals surface area (Å²) in [6.45, 7) is 4.73. The number of carbonyl (C=O) groups is 1. The summed E-state index contributed by atoms with van der Waals surface area (Å²) < 4.78 is 44.1. The van der Waals surface area contributed by atoms with Crippen LogP contribution < -0.4 is 10.9 Å². The van der Waals surface area contributed by atoms with Crippen molar-refractivity contribution in [2.45, 2.75) is 32.2 Å². The highest BCUT2D eigenvalue weighted by atomic mass is 32.2. The van der Waals surface area contributed by atoms with Crippen LogP contribution in [0.25, 0.3) is 10.9 Å². The van der Waals surface area contributed by atoms with Gasteiger partial charge in [0.05, 0.1) is 17.7 Å². The predicted octanol–water partition coefficient (Wildman–Crippen LogP) is 3.02. The lowest BCUT2D eigenvalue weighted by Crippen LogP contribution is -2.36. The number of anilines is 1. The first-order valence-corrected chi connectivity index (χ1v) is 11.1. The number of rotatable bonds is 3. The van der Waals surface area contributed by atoms with Gasteiger partial charge in [0.1, 0.15) is 22.0 Å². The number of sulfonamides is 1. The van der Waals surface area contributed by atoms with Gasteiger partial charge in [0.25, 0.3) is 15.6 Å². The third-order valence-corrected chi connectivity index (χ3v) is 6.54. The third-order valence-electron chi connectivity index (χ3n) is 5.20. The van der Waals surface area contributed by atoms with Gasteiger partial charge in [-0.15, -0.1) is 4.40 Å². The summed E-state index contributed by atoms with van der Waals surface area (Å²) in [4.78, 5) is 26.0. The van der Waals surface area contributed by atoms with Gasteiger partial charge in [-0.1, -0.05) is 32.9 Å². The molecule has 0 amide bonds. The van der Waals surface area contributed by atoms with Gasteiger partial charge < -0.3 is 10.4 Å². The minimum Gasteiger partial charge on any atom is -0.506 e. The van der Waals surface area contributed by atoms with Gasteiger partial charge in [-0.25, -0.2) is 4.39 Å². The van der Waals surface area contributed by atoms with Gasteiger partial charge >= 0.3 is 0 Å². The molecule has 2 N–H and O–H groups in total. The van der Waals surface area contributed by atoms with Crippen LogP contribution in [0.4, 0.5) is 10.1 Å². The fourth-order valence-corrected chi connectivity index (χ4v) is 4.51. The smallest absolute Gasteiger partial charge is 0.286 e. The highest BCUT2D eigenvalue weighted by Crippen LogP contribution is 2.32. The number of pyridine rings is 1. The van der Waals surface area contributed by atoms with Gasteiger partial charge in [0, 0.05) is 10.8 Å². The zero-order chi connectivity index (χ0) is 23.4. The number of halogens is 1. The van der Waals surface area contributed by atoms with Gasteiger partial charge in [-0.2, -0.15) is 8.42 Å². The zero-order valence-corrected chi connectivity index (χ0v) is 18.3. The van der Waals surface area contributed by atoms with Gasteiger partial charge in [-0.05, 0) is 30.3 Å². The van der Waals surface area contributed by atoms with E-state index in [0.29, 0.717) is 0 Å². The maximum absolute atomic E-state index is 14.0. The quantitative estimate of drug-likeness (QED) is 0.624. The van der Waals surface area contributed by atoms with Crippen molar-refractivity contribution in [2.24, 2.45) is 9.81 Å². The number of benzene rings is 2. The molecule has 0 radical (unpaired) electrons. The van der Waals surface area contributed by atoms with Gasteiger partial charge in [0.2, 0.25) is 0 Å². The molecule has 1 aliphatic rings. The van der Waals surface area contributed by atoms with Crippen LogP contribution in [0.3, 0.4) is 0 Å².